The zero-order chi connectivity index (χ0) is 14.8. The van der Waals surface area contributed by atoms with Crippen LogP contribution in [-0.2, 0) is 11.4 Å². The van der Waals surface area contributed by atoms with Gasteiger partial charge < -0.3 is 14.8 Å². The molecule has 0 aromatic heterocycles. The SMILES string of the molecule is O=C1COc2ccc(OCc3c(F)cccc3Cl)cc2N1. The number of ether oxygens (including phenoxy) is 2. The van der Waals surface area contributed by atoms with Crippen LogP contribution in [0.25, 0.3) is 0 Å². The Morgan fingerprint density at radius 3 is 3.00 bits per heavy atom. The number of carbonyl (C=O) groups is 1. The molecule has 1 N–H and O–H groups in total. The first kappa shape index (κ1) is 13.7. The molecule has 2 aromatic rings. The van der Waals surface area contributed by atoms with E-state index in [0.717, 1.165) is 0 Å². The lowest BCUT2D eigenvalue weighted by molar-refractivity contribution is -0.118. The normalized spacial score (nSPS) is 13.1. The molecular weight excluding hydrogens is 297 g/mol. The second-order valence-corrected chi connectivity index (χ2v) is 4.89. The lowest BCUT2D eigenvalue weighted by Gasteiger charge is -2.18. The molecule has 0 atom stereocenters. The van der Waals surface area contributed by atoms with Crippen LogP contribution in [0, 0.1) is 5.82 Å². The van der Waals surface area contributed by atoms with Crippen LogP contribution in [0.3, 0.4) is 0 Å². The summed E-state index contributed by atoms with van der Waals surface area (Å²) >= 11 is 5.93. The van der Waals surface area contributed by atoms with E-state index in [1.54, 1.807) is 24.3 Å². The smallest absolute Gasteiger partial charge is 0.262 e. The van der Waals surface area contributed by atoms with E-state index in [-0.39, 0.29) is 24.7 Å². The molecule has 0 saturated carbocycles. The fourth-order valence-electron chi connectivity index (χ4n) is 1.98. The first-order chi connectivity index (χ1) is 10.1. The molecule has 1 aliphatic rings. The van der Waals surface area contributed by atoms with Crippen molar-refractivity contribution in [2.45, 2.75) is 6.61 Å². The lowest BCUT2D eigenvalue weighted by Crippen LogP contribution is -2.25. The number of hydrogen-bond donors (Lipinski definition) is 1. The van der Waals surface area contributed by atoms with Crippen LogP contribution in [-0.4, -0.2) is 12.5 Å². The molecule has 2 aromatic carbocycles. The van der Waals surface area contributed by atoms with Crippen LogP contribution in [0.5, 0.6) is 11.5 Å². The van der Waals surface area contributed by atoms with Crippen molar-refractivity contribution < 1.29 is 18.7 Å². The number of rotatable bonds is 3. The minimum absolute atomic E-state index is 0.000896. The fraction of sp³-hybridized carbons (Fsp3) is 0.133. The molecule has 3 rings (SSSR count). The number of fused-ring (bicyclic) bond motifs is 1. The molecule has 6 heteroatoms. The predicted molar refractivity (Wildman–Crippen MR) is 76.3 cm³/mol. The summed E-state index contributed by atoms with van der Waals surface area (Å²) in [5.41, 5.74) is 0.820. The monoisotopic (exact) mass is 307 g/mol. The minimum Gasteiger partial charge on any atom is -0.489 e. The average molecular weight is 308 g/mol. The van der Waals surface area contributed by atoms with E-state index in [1.165, 1.54) is 12.1 Å². The van der Waals surface area contributed by atoms with E-state index >= 15 is 0 Å². The summed E-state index contributed by atoms with van der Waals surface area (Å²) in [5.74, 6) is 0.415. The maximum atomic E-state index is 13.6. The van der Waals surface area contributed by atoms with Gasteiger partial charge in [-0.05, 0) is 24.3 Å². The number of hydrogen-bond acceptors (Lipinski definition) is 3. The molecule has 1 heterocycles. The summed E-state index contributed by atoms with van der Waals surface area (Å²) in [6.07, 6.45) is 0. The van der Waals surface area contributed by atoms with Gasteiger partial charge in [0.05, 0.1) is 10.7 Å². The van der Waals surface area contributed by atoms with Crippen molar-refractivity contribution in [3.05, 3.63) is 52.8 Å². The number of amides is 1. The van der Waals surface area contributed by atoms with Gasteiger partial charge >= 0.3 is 0 Å². The molecule has 108 valence electrons. The molecule has 0 saturated heterocycles. The Kier molecular flexibility index (Phi) is 3.66. The zero-order valence-corrected chi connectivity index (χ0v) is 11.6. The maximum absolute atomic E-state index is 13.6. The van der Waals surface area contributed by atoms with Crippen molar-refractivity contribution in [3.8, 4) is 11.5 Å². The predicted octanol–water partition coefficient (Wildman–Crippen LogP) is 3.39. The Labute approximate surface area is 125 Å². The van der Waals surface area contributed by atoms with Gasteiger partial charge in [0.25, 0.3) is 5.91 Å². The molecule has 1 amide bonds. The largest absolute Gasteiger partial charge is 0.489 e. The number of carbonyl (C=O) groups excluding carboxylic acids is 1. The Morgan fingerprint density at radius 2 is 2.19 bits per heavy atom. The van der Waals surface area contributed by atoms with Gasteiger partial charge in [-0.3, -0.25) is 4.79 Å². The topological polar surface area (TPSA) is 47.6 Å². The first-order valence-corrected chi connectivity index (χ1v) is 6.63. The number of halogens is 2. The van der Waals surface area contributed by atoms with Gasteiger partial charge in [0.2, 0.25) is 0 Å². The van der Waals surface area contributed by atoms with Crippen molar-refractivity contribution >= 4 is 23.2 Å². The van der Waals surface area contributed by atoms with E-state index < -0.39 is 5.82 Å². The highest BCUT2D eigenvalue weighted by Gasteiger charge is 2.16. The van der Waals surface area contributed by atoms with Crippen LogP contribution in [0.1, 0.15) is 5.56 Å². The van der Waals surface area contributed by atoms with Crippen molar-refractivity contribution in [3.63, 3.8) is 0 Å². The van der Waals surface area contributed by atoms with E-state index in [2.05, 4.69) is 5.32 Å². The summed E-state index contributed by atoms with van der Waals surface area (Å²) < 4.78 is 24.4. The van der Waals surface area contributed by atoms with E-state index in [0.29, 0.717) is 22.2 Å². The Morgan fingerprint density at radius 1 is 1.33 bits per heavy atom. The van der Waals surface area contributed by atoms with Crippen LogP contribution in [0.2, 0.25) is 5.02 Å². The van der Waals surface area contributed by atoms with Gasteiger partial charge in [-0.1, -0.05) is 17.7 Å². The standard InChI is InChI=1S/C15H11ClFNO3/c16-11-2-1-3-12(17)10(11)7-20-9-4-5-14-13(6-9)18-15(19)8-21-14/h1-6H,7-8H2,(H,18,19). The molecule has 1 aliphatic heterocycles. The van der Waals surface area contributed by atoms with Gasteiger partial charge in [0.1, 0.15) is 23.9 Å². The second-order valence-electron chi connectivity index (χ2n) is 4.48. The zero-order valence-electron chi connectivity index (χ0n) is 10.9. The number of benzene rings is 2. The quantitative estimate of drug-likeness (QED) is 0.945. The molecule has 0 aliphatic carbocycles. The molecule has 4 nitrogen and oxygen atoms in total. The van der Waals surface area contributed by atoms with Gasteiger partial charge in [-0.2, -0.15) is 0 Å². The van der Waals surface area contributed by atoms with Crippen LogP contribution < -0.4 is 14.8 Å². The van der Waals surface area contributed by atoms with Gasteiger partial charge in [-0.15, -0.1) is 0 Å². The second kappa shape index (κ2) is 5.61. The van der Waals surface area contributed by atoms with Gasteiger partial charge in [0.15, 0.2) is 6.61 Å². The minimum atomic E-state index is -0.419. The molecule has 21 heavy (non-hydrogen) atoms. The number of anilines is 1. The Balaban J connectivity index is 1.77. The van der Waals surface area contributed by atoms with Crippen molar-refractivity contribution in [1.82, 2.24) is 0 Å². The summed E-state index contributed by atoms with van der Waals surface area (Å²) in [4.78, 5) is 11.3. The summed E-state index contributed by atoms with van der Waals surface area (Å²) in [6, 6.07) is 9.46. The van der Waals surface area contributed by atoms with Crippen molar-refractivity contribution in [2.75, 3.05) is 11.9 Å². The lowest BCUT2D eigenvalue weighted by atomic mass is 10.2. The summed E-state index contributed by atoms with van der Waals surface area (Å²) in [7, 11) is 0. The van der Waals surface area contributed by atoms with Crippen molar-refractivity contribution in [1.29, 1.82) is 0 Å². The highest BCUT2D eigenvalue weighted by Crippen LogP contribution is 2.32. The van der Waals surface area contributed by atoms with Crippen LogP contribution >= 0.6 is 11.6 Å². The van der Waals surface area contributed by atoms with E-state index in [4.69, 9.17) is 21.1 Å². The first-order valence-electron chi connectivity index (χ1n) is 6.26. The van der Waals surface area contributed by atoms with Crippen LogP contribution in [0.15, 0.2) is 36.4 Å². The molecular formula is C15H11ClFNO3. The number of nitrogens with one attached hydrogen (secondary N) is 1. The highest BCUT2D eigenvalue weighted by molar-refractivity contribution is 6.31. The van der Waals surface area contributed by atoms with Gasteiger partial charge in [0, 0.05) is 11.6 Å². The average Bonchev–Trinajstić information content (AvgIpc) is 2.46. The third-order valence-electron chi connectivity index (χ3n) is 3.03. The van der Waals surface area contributed by atoms with Crippen LogP contribution in [0.4, 0.5) is 10.1 Å². The third-order valence-corrected chi connectivity index (χ3v) is 3.38. The van der Waals surface area contributed by atoms with Gasteiger partial charge in [-0.25, -0.2) is 4.39 Å². The maximum Gasteiger partial charge on any atom is 0.262 e. The molecule has 0 radical (unpaired) electrons. The molecule has 0 bridgehead atoms. The van der Waals surface area contributed by atoms with Crippen molar-refractivity contribution in [2.24, 2.45) is 0 Å². The fourth-order valence-corrected chi connectivity index (χ4v) is 2.20. The Bertz CT molecular complexity index is 685. The molecule has 0 unspecified atom stereocenters. The molecule has 0 fully saturated rings. The van der Waals surface area contributed by atoms with E-state index in [1.807, 2.05) is 0 Å². The molecule has 0 spiro atoms. The summed E-state index contributed by atoms with van der Waals surface area (Å²) in [6.45, 7) is -0.00284. The summed E-state index contributed by atoms with van der Waals surface area (Å²) in [5, 5.41) is 2.99. The Hall–Kier alpha value is -2.27. The third kappa shape index (κ3) is 2.92. The highest BCUT2D eigenvalue weighted by atomic mass is 35.5. The van der Waals surface area contributed by atoms with E-state index in [9.17, 15) is 9.18 Å².